The number of alkyl halides is 2. The highest BCUT2D eigenvalue weighted by atomic mass is 19.1. The Hall–Kier alpha value is -2.25. The Labute approximate surface area is 217 Å². The van der Waals surface area contributed by atoms with Crippen molar-refractivity contribution in [2.45, 2.75) is 102 Å². The fourth-order valence-electron chi connectivity index (χ4n) is 6.17. The highest BCUT2D eigenvalue weighted by Crippen LogP contribution is 2.49. The van der Waals surface area contributed by atoms with Crippen molar-refractivity contribution in [2.75, 3.05) is 19.6 Å². The van der Waals surface area contributed by atoms with Gasteiger partial charge in [0.2, 0.25) is 0 Å². The summed E-state index contributed by atoms with van der Waals surface area (Å²) in [6.45, 7) is 6.74. The SMILES string of the molecule is CC#N.CCCN(CCCc1c(C2(F)CCCC2)cccc1C1(F)CCCC1)CCc1ccccc1. The van der Waals surface area contributed by atoms with E-state index in [2.05, 4.69) is 42.2 Å². The summed E-state index contributed by atoms with van der Waals surface area (Å²) < 4.78 is 32.0. The van der Waals surface area contributed by atoms with Gasteiger partial charge in [-0.15, -0.1) is 0 Å². The molecule has 2 aromatic rings. The molecule has 36 heavy (non-hydrogen) atoms. The van der Waals surface area contributed by atoms with E-state index in [9.17, 15) is 0 Å². The highest BCUT2D eigenvalue weighted by molar-refractivity contribution is 5.43. The third-order valence-electron chi connectivity index (χ3n) is 7.93. The fraction of sp³-hybridized carbons (Fsp3) is 0.594. The standard InChI is InChI=1S/C30H41F2N.C2H3N/c1-2-22-33(24-17-25-12-4-3-5-13-25)23-11-14-26-27(29(31)18-6-7-19-29)15-10-16-28(26)30(32)20-8-9-21-30;1-2-3/h3-5,10,12-13,15-16H,2,6-9,11,14,17-24H2,1H3;1H3. The first-order valence-corrected chi connectivity index (χ1v) is 14.0. The molecular formula is C32H44F2N2. The monoisotopic (exact) mass is 494 g/mol. The maximum Gasteiger partial charge on any atom is 0.136 e. The second-order valence-corrected chi connectivity index (χ2v) is 10.6. The lowest BCUT2D eigenvalue weighted by Gasteiger charge is -2.30. The fourth-order valence-corrected chi connectivity index (χ4v) is 6.17. The summed E-state index contributed by atoms with van der Waals surface area (Å²) in [4.78, 5) is 2.52. The zero-order valence-electron chi connectivity index (χ0n) is 22.4. The van der Waals surface area contributed by atoms with Crippen LogP contribution in [0.3, 0.4) is 0 Å². The molecule has 0 amide bonds. The van der Waals surface area contributed by atoms with Crippen LogP contribution < -0.4 is 0 Å². The van der Waals surface area contributed by atoms with E-state index in [-0.39, 0.29) is 0 Å². The molecule has 2 fully saturated rings. The van der Waals surface area contributed by atoms with Crippen LogP contribution in [0.4, 0.5) is 8.78 Å². The van der Waals surface area contributed by atoms with E-state index < -0.39 is 11.3 Å². The average Bonchev–Trinajstić information content (AvgIpc) is 3.53. The Kier molecular flexibility index (Phi) is 10.9. The molecule has 4 rings (SSSR count). The van der Waals surface area contributed by atoms with Gasteiger partial charge in [0.15, 0.2) is 0 Å². The van der Waals surface area contributed by atoms with Crippen LogP contribution in [0, 0.1) is 11.3 Å². The topological polar surface area (TPSA) is 27.0 Å². The van der Waals surface area contributed by atoms with E-state index in [1.807, 2.05) is 18.2 Å². The lowest BCUT2D eigenvalue weighted by molar-refractivity contribution is 0.162. The molecule has 2 aliphatic rings. The molecule has 0 N–H and O–H groups in total. The van der Waals surface area contributed by atoms with Crippen LogP contribution in [0.25, 0.3) is 0 Å². The quantitative estimate of drug-likeness (QED) is 0.313. The van der Waals surface area contributed by atoms with Crippen LogP contribution in [-0.2, 0) is 24.2 Å². The van der Waals surface area contributed by atoms with E-state index in [1.165, 1.54) is 12.5 Å². The number of nitrogens with zero attached hydrogens (tertiary/aromatic N) is 2. The predicted molar refractivity (Wildman–Crippen MR) is 145 cm³/mol. The van der Waals surface area contributed by atoms with Crippen molar-refractivity contribution in [1.29, 1.82) is 5.26 Å². The Morgan fingerprint density at radius 3 is 1.81 bits per heavy atom. The third-order valence-corrected chi connectivity index (χ3v) is 7.93. The number of hydrogen-bond acceptors (Lipinski definition) is 2. The van der Waals surface area contributed by atoms with Crippen LogP contribution in [-0.4, -0.2) is 24.5 Å². The first-order valence-electron chi connectivity index (χ1n) is 14.0. The van der Waals surface area contributed by atoms with Gasteiger partial charge in [-0.2, -0.15) is 5.26 Å². The van der Waals surface area contributed by atoms with E-state index in [4.69, 9.17) is 5.26 Å². The summed E-state index contributed by atoms with van der Waals surface area (Å²) in [6.07, 6.45) is 9.97. The molecule has 0 heterocycles. The van der Waals surface area contributed by atoms with Gasteiger partial charge in [-0.1, -0.05) is 55.5 Å². The molecule has 2 nitrogen and oxygen atoms in total. The Morgan fingerprint density at radius 2 is 1.31 bits per heavy atom. The van der Waals surface area contributed by atoms with Crippen LogP contribution in [0.2, 0.25) is 0 Å². The normalized spacial score (nSPS) is 18.0. The van der Waals surface area contributed by atoms with Crippen molar-refractivity contribution >= 4 is 0 Å². The van der Waals surface area contributed by atoms with Crippen LogP contribution in [0.5, 0.6) is 0 Å². The van der Waals surface area contributed by atoms with Gasteiger partial charge in [-0.25, -0.2) is 8.78 Å². The molecule has 0 unspecified atom stereocenters. The second kappa shape index (κ2) is 13.9. The zero-order chi connectivity index (χ0) is 25.9. The number of nitriles is 1. The van der Waals surface area contributed by atoms with Gasteiger partial charge in [-0.3, -0.25) is 0 Å². The minimum absolute atomic E-state index is 0.585. The maximum absolute atomic E-state index is 16.0. The molecule has 0 spiro atoms. The summed E-state index contributed by atoms with van der Waals surface area (Å²) in [5, 5.41) is 7.32. The summed E-state index contributed by atoms with van der Waals surface area (Å²) in [6, 6.07) is 18.2. The highest BCUT2D eigenvalue weighted by Gasteiger charge is 2.42. The summed E-state index contributed by atoms with van der Waals surface area (Å²) in [7, 11) is 0. The van der Waals surface area contributed by atoms with Gasteiger partial charge in [0, 0.05) is 13.5 Å². The smallest absolute Gasteiger partial charge is 0.136 e. The summed E-state index contributed by atoms with van der Waals surface area (Å²) in [5.41, 5.74) is 1.42. The molecule has 0 saturated heterocycles. The predicted octanol–water partition coefficient (Wildman–Crippen LogP) is 8.58. The molecule has 0 aliphatic heterocycles. The third kappa shape index (κ3) is 7.39. The van der Waals surface area contributed by atoms with E-state index in [0.29, 0.717) is 25.7 Å². The number of hydrogen-bond donors (Lipinski definition) is 0. The minimum atomic E-state index is -1.27. The Bertz CT molecular complexity index is 914. The van der Waals surface area contributed by atoms with Crippen molar-refractivity contribution in [3.63, 3.8) is 0 Å². The molecule has 2 saturated carbocycles. The first-order chi connectivity index (χ1) is 17.5. The number of rotatable bonds is 11. The second-order valence-electron chi connectivity index (χ2n) is 10.6. The molecule has 0 bridgehead atoms. The van der Waals surface area contributed by atoms with Gasteiger partial charge >= 0.3 is 0 Å². The molecular weight excluding hydrogens is 450 g/mol. The van der Waals surface area contributed by atoms with Gasteiger partial charge < -0.3 is 4.90 Å². The number of benzene rings is 2. The molecule has 2 aliphatic carbocycles. The van der Waals surface area contributed by atoms with Crippen molar-refractivity contribution in [3.05, 3.63) is 70.8 Å². The summed E-state index contributed by atoms with van der Waals surface area (Å²) >= 11 is 0. The Balaban J connectivity index is 0.00000115. The first kappa shape index (κ1) is 28.3. The largest absolute Gasteiger partial charge is 0.303 e. The lowest BCUT2D eigenvalue weighted by Crippen LogP contribution is -2.29. The van der Waals surface area contributed by atoms with Gasteiger partial charge in [0.25, 0.3) is 0 Å². The zero-order valence-corrected chi connectivity index (χ0v) is 22.4. The maximum atomic E-state index is 16.0. The molecule has 2 aromatic carbocycles. The van der Waals surface area contributed by atoms with Crippen LogP contribution in [0.15, 0.2) is 48.5 Å². The van der Waals surface area contributed by atoms with Crippen LogP contribution in [0.1, 0.15) is 100 Å². The van der Waals surface area contributed by atoms with Gasteiger partial charge in [0.1, 0.15) is 11.3 Å². The van der Waals surface area contributed by atoms with E-state index >= 15 is 8.78 Å². The molecule has 0 atom stereocenters. The number of halogens is 2. The lowest BCUT2D eigenvalue weighted by atomic mass is 9.80. The molecule has 0 radical (unpaired) electrons. The van der Waals surface area contributed by atoms with Gasteiger partial charge in [0.05, 0.1) is 6.07 Å². The van der Waals surface area contributed by atoms with E-state index in [1.54, 1.807) is 6.07 Å². The van der Waals surface area contributed by atoms with Gasteiger partial charge in [-0.05, 0) is 112 Å². The summed E-state index contributed by atoms with van der Waals surface area (Å²) in [5.74, 6) is 0. The molecule has 4 heteroatoms. The van der Waals surface area contributed by atoms with Crippen LogP contribution >= 0.6 is 0 Å². The molecule has 0 aromatic heterocycles. The van der Waals surface area contributed by atoms with Crippen molar-refractivity contribution in [2.24, 2.45) is 0 Å². The molecule has 196 valence electrons. The minimum Gasteiger partial charge on any atom is -0.303 e. The van der Waals surface area contributed by atoms with Crippen molar-refractivity contribution in [3.8, 4) is 6.07 Å². The van der Waals surface area contributed by atoms with Crippen molar-refractivity contribution < 1.29 is 8.78 Å². The van der Waals surface area contributed by atoms with Crippen molar-refractivity contribution in [1.82, 2.24) is 4.90 Å². The van der Waals surface area contributed by atoms with E-state index in [0.717, 1.165) is 87.7 Å². The average molecular weight is 495 g/mol. The Morgan fingerprint density at radius 1 is 0.778 bits per heavy atom.